The molecule has 0 saturated carbocycles. The van der Waals surface area contributed by atoms with Gasteiger partial charge in [0.15, 0.2) is 0 Å². The number of hydrogen-bond acceptors (Lipinski definition) is 1. The second kappa shape index (κ2) is 5.54. The van der Waals surface area contributed by atoms with Crippen molar-refractivity contribution in [2.45, 2.75) is 25.6 Å². The van der Waals surface area contributed by atoms with Gasteiger partial charge >= 0.3 is 0 Å². The Balaban J connectivity index is 2.52. The quantitative estimate of drug-likeness (QED) is 0.536. The fourth-order valence-corrected chi connectivity index (χ4v) is 5.17. The van der Waals surface area contributed by atoms with Crippen LogP contribution >= 0.6 is 50.5 Å². The fraction of sp³-hybridized carbons (Fsp3) is 0.286. The zero-order chi connectivity index (χ0) is 13.4. The zero-order valence-electron chi connectivity index (χ0n) is 10.4. The van der Waals surface area contributed by atoms with Crippen molar-refractivity contribution in [2.75, 3.05) is 0 Å². The first-order chi connectivity index (χ1) is 8.40. The molecule has 0 aliphatic rings. The van der Waals surface area contributed by atoms with Gasteiger partial charge in [0.05, 0.1) is 13.5 Å². The van der Waals surface area contributed by atoms with Crippen LogP contribution in [0.2, 0.25) is 8.67 Å². The van der Waals surface area contributed by atoms with Crippen molar-refractivity contribution in [2.24, 2.45) is 0 Å². The maximum absolute atomic E-state index is 6.23. The van der Waals surface area contributed by atoms with Gasteiger partial charge in [0, 0.05) is 5.56 Å². The largest absolute Gasteiger partial charge is 0.111 e. The van der Waals surface area contributed by atoms with Crippen LogP contribution in [0.5, 0.6) is 0 Å². The molecule has 2 rings (SSSR count). The van der Waals surface area contributed by atoms with Crippen molar-refractivity contribution < 1.29 is 0 Å². The molecule has 0 aliphatic carbocycles. The number of halogens is 3. The second-order valence-electron chi connectivity index (χ2n) is 4.45. The summed E-state index contributed by atoms with van der Waals surface area (Å²) in [5.74, 6) is 0. The number of thiophene rings is 1. The molecule has 1 aromatic carbocycles. The van der Waals surface area contributed by atoms with E-state index in [1.807, 2.05) is 6.07 Å². The molecule has 2 aromatic rings. The molecular weight excluding hydrogens is 351 g/mol. The molecule has 0 amide bonds. The van der Waals surface area contributed by atoms with E-state index in [-0.39, 0.29) is 4.83 Å². The summed E-state index contributed by atoms with van der Waals surface area (Å²) in [5.41, 5.74) is 6.14. The lowest BCUT2D eigenvalue weighted by Crippen LogP contribution is -1.99. The maximum Gasteiger partial charge on any atom is 0.0990 e. The van der Waals surface area contributed by atoms with E-state index in [1.165, 1.54) is 33.6 Å². The lowest BCUT2D eigenvalue weighted by Gasteiger charge is -2.16. The van der Waals surface area contributed by atoms with Crippen molar-refractivity contribution in [3.8, 4) is 0 Å². The summed E-state index contributed by atoms with van der Waals surface area (Å²) < 4.78 is 1.48. The molecule has 0 spiro atoms. The van der Waals surface area contributed by atoms with E-state index < -0.39 is 0 Å². The Hall–Kier alpha value is -0.0200. The summed E-state index contributed by atoms with van der Waals surface area (Å²) >= 11 is 17.4. The molecule has 1 heterocycles. The molecule has 0 nitrogen and oxygen atoms in total. The van der Waals surface area contributed by atoms with E-state index in [0.717, 1.165) is 14.2 Å². The summed E-state index contributed by atoms with van der Waals surface area (Å²) in [4.78, 5) is 0.0920. The highest BCUT2D eigenvalue weighted by atomic mass is 79.9. The summed E-state index contributed by atoms with van der Waals surface area (Å²) in [7, 11) is 0. The topological polar surface area (TPSA) is 0 Å². The zero-order valence-corrected chi connectivity index (χ0v) is 14.3. The van der Waals surface area contributed by atoms with Crippen LogP contribution in [0.1, 0.15) is 32.6 Å². The number of rotatable bonds is 2. The molecule has 4 heteroatoms. The van der Waals surface area contributed by atoms with E-state index in [0.29, 0.717) is 0 Å². The predicted octanol–water partition coefficient (Wildman–Crippen LogP) is 6.46. The lowest BCUT2D eigenvalue weighted by molar-refractivity contribution is 1.11. The van der Waals surface area contributed by atoms with Gasteiger partial charge in [0.2, 0.25) is 0 Å². The molecule has 1 unspecified atom stereocenters. The molecule has 18 heavy (non-hydrogen) atoms. The summed E-state index contributed by atoms with van der Waals surface area (Å²) in [5, 5.41) is 0. The molecule has 1 aromatic heterocycles. The van der Waals surface area contributed by atoms with Crippen molar-refractivity contribution in [3.05, 3.63) is 54.7 Å². The molecule has 0 N–H and O–H groups in total. The fourth-order valence-electron chi connectivity index (χ4n) is 2.27. The lowest BCUT2D eigenvalue weighted by atomic mass is 9.95. The van der Waals surface area contributed by atoms with Crippen LogP contribution in [-0.2, 0) is 0 Å². The van der Waals surface area contributed by atoms with Crippen LogP contribution in [0.15, 0.2) is 18.2 Å². The summed E-state index contributed by atoms with van der Waals surface area (Å²) in [6.07, 6.45) is 0. The molecule has 0 saturated heterocycles. The van der Waals surface area contributed by atoms with Crippen LogP contribution in [0.25, 0.3) is 0 Å². The van der Waals surface area contributed by atoms with Gasteiger partial charge in [-0.15, -0.1) is 11.3 Å². The standard InChI is InChI=1S/C14H13BrCl2S/c1-7-4-8(2)12(9(3)5-7)13(15)10-6-11(16)18-14(10)17/h4-6,13H,1-3H3. The van der Waals surface area contributed by atoms with Gasteiger partial charge < -0.3 is 0 Å². The number of benzene rings is 1. The third-order valence-electron chi connectivity index (χ3n) is 2.95. The average Bonchev–Trinajstić information content (AvgIpc) is 2.56. The number of aryl methyl sites for hydroxylation is 3. The molecule has 0 bridgehead atoms. The Morgan fingerprint density at radius 1 is 1.06 bits per heavy atom. The van der Waals surface area contributed by atoms with Crippen molar-refractivity contribution in [1.82, 2.24) is 0 Å². The van der Waals surface area contributed by atoms with Gasteiger partial charge in [-0.2, -0.15) is 0 Å². The highest BCUT2D eigenvalue weighted by Crippen LogP contribution is 2.43. The molecular formula is C14H13BrCl2S. The maximum atomic E-state index is 6.23. The summed E-state index contributed by atoms with van der Waals surface area (Å²) in [6.45, 7) is 6.37. The summed E-state index contributed by atoms with van der Waals surface area (Å²) in [6, 6.07) is 6.32. The highest BCUT2D eigenvalue weighted by Gasteiger charge is 2.20. The van der Waals surface area contributed by atoms with Crippen molar-refractivity contribution >= 4 is 50.5 Å². The minimum absolute atomic E-state index is 0.0920. The third kappa shape index (κ3) is 2.77. The van der Waals surface area contributed by atoms with Crippen molar-refractivity contribution in [1.29, 1.82) is 0 Å². The van der Waals surface area contributed by atoms with Gasteiger partial charge in [-0.25, -0.2) is 0 Å². The molecule has 1 atom stereocenters. The molecule has 96 valence electrons. The Morgan fingerprint density at radius 2 is 1.61 bits per heavy atom. The minimum Gasteiger partial charge on any atom is -0.111 e. The second-order valence-corrected chi connectivity index (χ2v) is 7.66. The smallest absolute Gasteiger partial charge is 0.0990 e. The van der Waals surface area contributed by atoms with E-state index >= 15 is 0 Å². The molecule has 0 radical (unpaired) electrons. The van der Waals surface area contributed by atoms with Crippen LogP contribution in [0.4, 0.5) is 0 Å². The highest BCUT2D eigenvalue weighted by molar-refractivity contribution is 9.09. The van der Waals surface area contributed by atoms with Crippen LogP contribution < -0.4 is 0 Å². The third-order valence-corrected chi connectivity index (χ3v) is 5.42. The van der Waals surface area contributed by atoms with Gasteiger partial charge in [-0.1, -0.05) is 56.8 Å². The first-order valence-corrected chi connectivity index (χ1v) is 8.05. The van der Waals surface area contributed by atoms with Crippen LogP contribution in [-0.4, -0.2) is 0 Å². The minimum atomic E-state index is 0.0920. The molecule has 0 aliphatic heterocycles. The number of alkyl halides is 1. The molecule has 0 fully saturated rings. The normalized spacial score (nSPS) is 12.8. The number of hydrogen-bond donors (Lipinski definition) is 0. The average molecular weight is 364 g/mol. The van der Waals surface area contributed by atoms with E-state index in [1.54, 1.807) is 0 Å². The monoisotopic (exact) mass is 362 g/mol. The van der Waals surface area contributed by atoms with Crippen LogP contribution in [0.3, 0.4) is 0 Å². The Morgan fingerprint density at radius 3 is 2.06 bits per heavy atom. The van der Waals surface area contributed by atoms with Gasteiger partial charge in [-0.3, -0.25) is 0 Å². The van der Waals surface area contributed by atoms with Gasteiger partial charge in [-0.05, 0) is 43.5 Å². The van der Waals surface area contributed by atoms with Crippen molar-refractivity contribution in [3.63, 3.8) is 0 Å². The van der Waals surface area contributed by atoms with E-state index in [2.05, 4.69) is 48.8 Å². The van der Waals surface area contributed by atoms with E-state index in [9.17, 15) is 0 Å². The van der Waals surface area contributed by atoms with E-state index in [4.69, 9.17) is 23.2 Å². The Bertz CT molecular complexity index is 566. The Labute approximate surface area is 130 Å². The SMILES string of the molecule is Cc1cc(C)c(C(Br)c2cc(Cl)sc2Cl)c(C)c1. The Kier molecular flexibility index (Phi) is 4.43. The predicted molar refractivity (Wildman–Crippen MR) is 85.8 cm³/mol. The van der Waals surface area contributed by atoms with Crippen LogP contribution in [0, 0.1) is 20.8 Å². The first kappa shape index (κ1) is 14.4. The first-order valence-electron chi connectivity index (χ1n) is 5.56. The van der Waals surface area contributed by atoms with Gasteiger partial charge in [0.25, 0.3) is 0 Å². The van der Waals surface area contributed by atoms with Gasteiger partial charge in [0.1, 0.15) is 0 Å².